The monoisotopic (exact) mass is 227 g/mol. The van der Waals surface area contributed by atoms with E-state index in [4.69, 9.17) is 16.3 Å². The lowest BCUT2D eigenvalue weighted by molar-refractivity contribution is 0.281. The van der Waals surface area contributed by atoms with Crippen LogP contribution in [0.3, 0.4) is 0 Å². The minimum Gasteiger partial charge on any atom is -0.492 e. The number of hydrogen-bond acceptors (Lipinski definition) is 2. The summed E-state index contributed by atoms with van der Waals surface area (Å²) in [4.78, 5) is 2.14. The van der Waals surface area contributed by atoms with E-state index in [1.165, 1.54) is 0 Å². The molecule has 1 aromatic carbocycles. The fourth-order valence-electron chi connectivity index (χ4n) is 1.29. The molecule has 0 aliphatic heterocycles. The van der Waals surface area contributed by atoms with E-state index in [-0.39, 0.29) is 0 Å². The Morgan fingerprint density at radius 1 is 1.33 bits per heavy atom. The van der Waals surface area contributed by atoms with Crippen LogP contribution in [0.4, 0.5) is 0 Å². The van der Waals surface area contributed by atoms with Crippen LogP contribution in [0.15, 0.2) is 18.2 Å². The third kappa shape index (κ3) is 4.54. The average Bonchev–Trinajstić information content (AvgIpc) is 2.14. The summed E-state index contributed by atoms with van der Waals surface area (Å²) >= 11 is 6.04. The standard InChI is InChI=1S/C12H18ClNO/c1-10-5-6-12(11(13)9-10)15-8-4-7-14(2)3/h5-6,9H,4,7-8H2,1-3H3. The lowest BCUT2D eigenvalue weighted by atomic mass is 10.2. The van der Waals surface area contributed by atoms with Gasteiger partial charge in [-0.25, -0.2) is 0 Å². The highest BCUT2D eigenvalue weighted by Crippen LogP contribution is 2.25. The third-order valence-corrected chi connectivity index (χ3v) is 2.39. The Morgan fingerprint density at radius 2 is 2.07 bits per heavy atom. The molecule has 0 fully saturated rings. The Bertz CT molecular complexity index is 312. The molecule has 0 atom stereocenters. The van der Waals surface area contributed by atoms with Crippen molar-refractivity contribution < 1.29 is 4.74 Å². The normalized spacial score (nSPS) is 10.7. The number of benzene rings is 1. The van der Waals surface area contributed by atoms with Gasteiger partial charge in [-0.15, -0.1) is 0 Å². The molecule has 0 N–H and O–H groups in total. The molecule has 0 aliphatic rings. The Kier molecular flexibility index (Phi) is 4.92. The van der Waals surface area contributed by atoms with E-state index in [1.54, 1.807) is 0 Å². The van der Waals surface area contributed by atoms with Gasteiger partial charge >= 0.3 is 0 Å². The number of rotatable bonds is 5. The van der Waals surface area contributed by atoms with E-state index in [9.17, 15) is 0 Å². The highest BCUT2D eigenvalue weighted by molar-refractivity contribution is 6.32. The maximum atomic E-state index is 6.04. The van der Waals surface area contributed by atoms with E-state index in [0.29, 0.717) is 11.6 Å². The molecule has 84 valence electrons. The summed E-state index contributed by atoms with van der Waals surface area (Å²) in [6.45, 7) is 3.76. The zero-order valence-electron chi connectivity index (χ0n) is 9.59. The fraction of sp³-hybridized carbons (Fsp3) is 0.500. The van der Waals surface area contributed by atoms with Crippen molar-refractivity contribution in [2.45, 2.75) is 13.3 Å². The van der Waals surface area contributed by atoms with Crippen LogP contribution in [0, 0.1) is 6.92 Å². The van der Waals surface area contributed by atoms with Crippen molar-refractivity contribution in [2.24, 2.45) is 0 Å². The second-order valence-electron chi connectivity index (χ2n) is 3.94. The fourth-order valence-corrected chi connectivity index (χ4v) is 1.58. The average molecular weight is 228 g/mol. The van der Waals surface area contributed by atoms with Gasteiger partial charge < -0.3 is 9.64 Å². The second-order valence-corrected chi connectivity index (χ2v) is 4.35. The number of ether oxygens (including phenoxy) is 1. The number of aryl methyl sites for hydroxylation is 1. The molecular weight excluding hydrogens is 210 g/mol. The predicted molar refractivity (Wildman–Crippen MR) is 64.9 cm³/mol. The molecule has 3 heteroatoms. The number of halogens is 1. The molecule has 0 radical (unpaired) electrons. The number of nitrogens with zero attached hydrogens (tertiary/aromatic N) is 1. The van der Waals surface area contributed by atoms with Gasteiger partial charge in [0.05, 0.1) is 11.6 Å². The van der Waals surface area contributed by atoms with E-state index in [0.717, 1.165) is 24.3 Å². The molecule has 0 aliphatic carbocycles. The summed E-state index contributed by atoms with van der Waals surface area (Å²) in [5, 5.41) is 0.694. The van der Waals surface area contributed by atoms with Crippen LogP contribution in [0.25, 0.3) is 0 Å². The summed E-state index contributed by atoms with van der Waals surface area (Å²) in [5.41, 5.74) is 1.15. The van der Waals surface area contributed by atoms with Gasteiger partial charge in [-0.1, -0.05) is 17.7 Å². The van der Waals surface area contributed by atoms with Crippen LogP contribution in [-0.2, 0) is 0 Å². The van der Waals surface area contributed by atoms with Gasteiger partial charge in [0.2, 0.25) is 0 Å². The zero-order chi connectivity index (χ0) is 11.3. The molecule has 0 saturated carbocycles. The number of hydrogen-bond donors (Lipinski definition) is 0. The first-order valence-corrected chi connectivity index (χ1v) is 5.51. The van der Waals surface area contributed by atoms with Crippen LogP contribution in [0.5, 0.6) is 5.75 Å². The molecule has 0 heterocycles. The maximum Gasteiger partial charge on any atom is 0.137 e. The summed E-state index contributed by atoms with van der Waals surface area (Å²) in [5.74, 6) is 0.779. The van der Waals surface area contributed by atoms with Gasteiger partial charge in [-0.2, -0.15) is 0 Å². The highest BCUT2D eigenvalue weighted by Gasteiger charge is 2.01. The first-order chi connectivity index (χ1) is 7.09. The Balaban J connectivity index is 2.37. The molecule has 0 amide bonds. The third-order valence-electron chi connectivity index (χ3n) is 2.09. The molecular formula is C12H18ClNO. The molecule has 0 spiro atoms. The molecule has 0 unspecified atom stereocenters. The molecule has 1 aromatic rings. The Morgan fingerprint density at radius 3 is 2.67 bits per heavy atom. The van der Waals surface area contributed by atoms with Crippen LogP contribution >= 0.6 is 11.6 Å². The second kappa shape index (κ2) is 5.99. The van der Waals surface area contributed by atoms with Crippen molar-refractivity contribution in [3.63, 3.8) is 0 Å². The van der Waals surface area contributed by atoms with Crippen molar-refractivity contribution >= 4 is 11.6 Å². The van der Waals surface area contributed by atoms with E-state index >= 15 is 0 Å². The topological polar surface area (TPSA) is 12.5 Å². The Hall–Kier alpha value is -0.730. The van der Waals surface area contributed by atoms with Gasteiger partial charge in [0, 0.05) is 6.54 Å². The summed E-state index contributed by atoms with van der Waals surface area (Å²) in [6.07, 6.45) is 1.01. The van der Waals surface area contributed by atoms with E-state index in [2.05, 4.69) is 19.0 Å². The van der Waals surface area contributed by atoms with Gasteiger partial charge in [0.25, 0.3) is 0 Å². The molecule has 0 aromatic heterocycles. The minimum absolute atomic E-state index is 0.694. The van der Waals surface area contributed by atoms with E-state index in [1.807, 2.05) is 25.1 Å². The SMILES string of the molecule is Cc1ccc(OCCCN(C)C)c(Cl)c1. The van der Waals surface area contributed by atoms with Gasteiger partial charge in [-0.05, 0) is 45.1 Å². The van der Waals surface area contributed by atoms with Crippen molar-refractivity contribution in [3.8, 4) is 5.75 Å². The lowest BCUT2D eigenvalue weighted by Gasteiger charge is -2.11. The van der Waals surface area contributed by atoms with E-state index < -0.39 is 0 Å². The van der Waals surface area contributed by atoms with Gasteiger partial charge in [0.15, 0.2) is 0 Å². The minimum atomic E-state index is 0.694. The van der Waals surface area contributed by atoms with Crippen LogP contribution in [-0.4, -0.2) is 32.1 Å². The van der Waals surface area contributed by atoms with Crippen molar-refractivity contribution in [3.05, 3.63) is 28.8 Å². The first-order valence-electron chi connectivity index (χ1n) is 5.13. The van der Waals surface area contributed by atoms with Crippen LogP contribution < -0.4 is 4.74 Å². The summed E-state index contributed by atoms with van der Waals surface area (Å²) in [7, 11) is 4.11. The first kappa shape index (κ1) is 12.3. The van der Waals surface area contributed by atoms with Gasteiger partial charge in [-0.3, -0.25) is 0 Å². The van der Waals surface area contributed by atoms with Crippen LogP contribution in [0.1, 0.15) is 12.0 Å². The quantitative estimate of drug-likeness (QED) is 0.718. The summed E-state index contributed by atoms with van der Waals surface area (Å²) in [6, 6.07) is 5.85. The van der Waals surface area contributed by atoms with Crippen molar-refractivity contribution in [1.82, 2.24) is 4.90 Å². The lowest BCUT2D eigenvalue weighted by Crippen LogP contribution is -2.15. The Labute approximate surface area is 96.8 Å². The predicted octanol–water partition coefficient (Wildman–Crippen LogP) is 2.98. The largest absolute Gasteiger partial charge is 0.492 e. The highest BCUT2D eigenvalue weighted by atomic mass is 35.5. The summed E-state index contributed by atoms with van der Waals surface area (Å²) < 4.78 is 5.58. The van der Waals surface area contributed by atoms with Crippen LogP contribution in [0.2, 0.25) is 5.02 Å². The molecule has 0 bridgehead atoms. The molecule has 1 rings (SSSR count). The van der Waals surface area contributed by atoms with Gasteiger partial charge in [0.1, 0.15) is 5.75 Å². The van der Waals surface area contributed by atoms with Crippen molar-refractivity contribution in [2.75, 3.05) is 27.2 Å². The zero-order valence-corrected chi connectivity index (χ0v) is 10.3. The van der Waals surface area contributed by atoms with Crippen molar-refractivity contribution in [1.29, 1.82) is 0 Å². The molecule has 0 saturated heterocycles. The molecule has 2 nitrogen and oxygen atoms in total. The maximum absolute atomic E-state index is 6.04. The molecule has 15 heavy (non-hydrogen) atoms. The smallest absolute Gasteiger partial charge is 0.137 e.